The van der Waals surface area contributed by atoms with Crippen molar-refractivity contribution < 1.29 is 17.9 Å². The molecule has 2 aliphatic heterocycles. The number of sulfonamides is 1. The van der Waals surface area contributed by atoms with E-state index in [0.29, 0.717) is 29.7 Å². The van der Waals surface area contributed by atoms with Crippen molar-refractivity contribution in [3.8, 4) is 5.75 Å². The lowest BCUT2D eigenvalue weighted by Crippen LogP contribution is -2.43. The highest BCUT2D eigenvalue weighted by molar-refractivity contribution is 7.89. The number of amides is 1. The Morgan fingerprint density at radius 2 is 1.79 bits per heavy atom. The van der Waals surface area contributed by atoms with Gasteiger partial charge in [0.1, 0.15) is 5.75 Å². The highest BCUT2D eigenvalue weighted by Gasteiger charge is 2.38. The first-order valence-corrected chi connectivity index (χ1v) is 11.9. The molecule has 1 saturated carbocycles. The summed E-state index contributed by atoms with van der Waals surface area (Å²) in [5.41, 5.74) is 0.804. The first kappa shape index (κ1) is 19.7. The Kier molecular flexibility index (Phi) is 5.40. The molecule has 1 aromatic carbocycles. The Balaban J connectivity index is 1.51. The highest BCUT2D eigenvalue weighted by Crippen LogP contribution is 2.40. The van der Waals surface area contributed by atoms with Crippen molar-refractivity contribution in [1.82, 2.24) is 9.62 Å². The molecule has 154 valence electrons. The second-order valence-electron chi connectivity index (χ2n) is 8.60. The summed E-state index contributed by atoms with van der Waals surface area (Å²) in [6.45, 7) is 5.23. The fourth-order valence-corrected chi connectivity index (χ4v) is 6.07. The van der Waals surface area contributed by atoms with Crippen LogP contribution in [-0.4, -0.2) is 43.9 Å². The zero-order chi connectivity index (χ0) is 19.9. The third-order valence-electron chi connectivity index (χ3n) is 6.52. The molecule has 1 N–H and O–H groups in total. The van der Waals surface area contributed by atoms with E-state index in [1.165, 1.54) is 0 Å². The molecule has 1 amide bonds. The smallest absolute Gasteiger partial charge is 0.261 e. The number of carbonyl (C=O) groups is 1. The number of hydrogen-bond donors (Lipinski definition) is 1. The lowest BCUT2D eigenvalue weighted by Gasteiger charge is -2.29. The molecule has 4 rings (SSSR count). The third-order valence-corrected chi connectivity index (χ3v) is 8.41. The van der Waals surface area contributed by atoms with E-state index in [1.807, 2.05) is 6.92 Å². The number of nitrogens with one attached hydrogen (secondary N) is 1. The van der Waals surface area contributed by atoms with Gasteiger partial charge in [0.25, 0.3) is 5.91 Å². The van der Waals surface area contributed by atoms with Crippen LogP contribution in [0.5, 0.6) is 5.75 Å². The lowest BCUT2D eigenvalue weighted by atomic mass is 9.97. The van der Waals surface area contributed by atoms with Gasteiger partial charge in [-0.15, -0.1) is 0 Å². The fourth-order valence-electron chi connectivity index (χ4n) is 4.56. The molecule has 1 aromatic rings. The van der Waals surface area contributed by atoms with Crippen molar-refractivity contribution in [3.63, 3.8) is 0 Å². The van der Waals surface area contributed by atoms with Gasteiger partial charge >= 0.3 is 0 Å². The van der Waals surface area contributed by atoms with E-state index in [2.05, 4.69) is 12.2 Å². The molecular formula is C21H30N2O4S. The van der Waals surface area contributed by atoms with Gasteiger partial charge in [0.2, 0.25) is 10.0 Å². The molecule has 2 heterocycles. The number of rotatable bonds is 4. The van der Waals surface area contributed by atoms with E-state index in [9.17, 15) is 13.2 Å². The van der Waals surface area contributed by atoms with Crippen LogP contribution in [0.2, 0.25) is 0 Å². The molecule has 0 bridgehead atoms. The van der Waals surface area contributed by atoms with Crippen LogP contribution in [0.1, 0.15) is 63.9 Å². The Labute approximate surface area is 167 Å². The maximum absolute atomic E-state index is 13.1. The van der Waals surface area contributed by atoms with Crippen LogP contribution in [0.4, 0.5) is 0 Å². The number of benzene rings is 1. The van der Waals surface area contributed by atoms with Crippen LogP contribution >= 0.6 is 0 Å². The van der Waals surface area contributed by atoms with Gasteiger partial charge in [0.15, 0.2) is 6.10 Å². The van der Waals surface area contributed by atoms with Crippen LogP contribution < -0.4 is 10.1 Å². The van der Waals surface area contributed by atoms with Crippen molar-refractivity contribution in [1.29, 1.82) is 0 Å². The Bertz CT molecular complexity index is 840. The highest BCUT2D eigenvalue weighted by atomic mass is 32.2. The number of nitrogens with zero attached hydrogens (tertiary/aromatic N) is 1. The molecule has 2 atom stereocenters. The minimum atomic E-state index is -3.51. The number of piperidine rings is 1. The van der Waals surface area contributed by atoms with E-state index in [-0.39, 0.29) is 17.9 Å². The average molecular weight is 407 g/mol. The minimum Gasteiger partial charge on any atom is -0.480 e. The number of ether oxygens (including phenoxy) is 1. The summed E-state index contributed by atoms with van der Waals surface area (Å²) in [7, 11) is -3.51. The molecule has 0 spiro atoms. The van der Waals surface area contributed by atoms with Gasteiger partial charge in [-0.25, -0.2) is 8.42 Å². The standard InChI is InChI=1S/C21H30N2O4S/c1-14-9-11-23(12-10-14)28(25,26)17-7-8-19-18(13-17)15(2)20(27-19)21(24)22-16-5-3-4-6-16/h7-8,13-16,20H,3-6,9-12H2,1-2H3,(H,22,24). The minimum absolute atomic E-state index is 0.0926. The largest absolute Gasteiger partial charge is 0.480 e. The quantitative estimate of drug-likeness (QED) is 0.834. The number of hydrogen-bond acceptors (Lipinski definition) is 4. The summed E-state index contributed by atoms with van der Waals surface area (Å²) in [6.07, 6.45) is 5.56. The van der Waals surface area contributed by atoms with Crippen molar-refractivity contribution >= 4 is 15.9 Å². The third kappa shape index (κ3) is 3.66. The van der Waals surface area contributed by atoms with Crippen molar-refractivity contribution in [3.05, 3.63) is 23.8 Å². The molecule has 3 aliphatic rings. The zero-order valence-corrected chi connectivity index (χ0v) is 17.5. The van der Waals surface area contributed by atoms with Crippen LogP contribution in [0.25, 0.3) is 0 Å². The van der Waals surface area contributed by atoms with E-state index in [0.717, 1.165) is 44.1 Å². The first-order valence-electron chi connectivity index (χ1n) is 10.5. The van der Waals surface area contributed by atoms with Crippen LogP contribution in [-0.2, 0) is 14.8 Å². The second kappa shape index (κ2) is 7.67. The zero-order valence-electron chi connectivity index (χ0n) is 16.7. The van der Waals surface area contributed by atoms with Gasteiger partial charge < -0.3 is 10.1 Å². The molecule has 0 radical (unpaired) electrons. The summed E-state index contributed by atoms with van der Waals surface area (Å²) in [5.74, 6) is 0.919. The predicted octanol–water partition coefficient (Wildman–Crippen LogP) is 3.03. The van der Waals surface area contributed by atoms with Crippen LogP contribution in [0.15, 0.2) is 23.1 Å². The molecule has 7 heteroatoms. The summed E-state index contributed by atoms with van der Waals surface area (Å²) < 4.78 is 33.6. The number of fused-ring (bicyclic) bond motifs is 1. The second-order valence-corrected chi connectivity index (χ2v) is 10.5. The molecule has 2 fully saturated rings. The lowest BCUT2D eigenvalue weighted by molar-refractivity contribution is -0.128. The molecule has 1 aliphatic carbocycles. The van der Waals surface area contributed by atoms with E-state index in [1.54, 1.807) is 22.5 Å². The van der Waals surface area contributed by atoms with Gasteiger partial charge in [-0.2, -0.15) is 4.31 Å². The normalized spacial score (nSPS) is 26.8. The van der Waals surface area contributed by atoms with Gasteiger partial charge in [-0.1, -0.05) is 26.7 Å². The topological polar surface area (TPSA) is 75.7 Å². The van der Waals surface area contributed by atoms with E-state index < -0.39 is 16.1 Å². The van der Waals surface area contributed by atoms with Crippen molar-refractivity contribution in [2.24, 2.45) is 5.92 Å². The number of carbonyl (C=O) groups excluding carboxylic acids is 1. The van der Waals surface area contributed by atoms with Gasteiger partial charge in [-0.05, 0) is 49.8 Å². The van der Waals surface area contributed by atoms with Gasteiger partial charge in [0.05, 0.1) is 4.90 Å². The summed E-state index contributed by atoms with van der Waals surface area (Å²) in [4.78, 5) is 13.0. The fraction of sp³-hybridized carbons (Fsp3) is 0.667. The monoisotopic (exact) mass is 406 g/mol. The van der Waals surface area contributed by atoms with Crippen LogP contribution in [0.3, 0.4) is 0 Å². The summed E-state index contributed by atoms with van der Waals surface area (Å²) in [6, 6.07) is 5.25. The average Bonchev–Trinajstić information content (AvgIpc) is 3.30. The molecule has 2 unspecified atom stereocenters. The Hall–Kier alpha value is -1.60. The molecule has 6 nitrogen and oxygen atoms in total. The molecular weight excluding hydrogens is 376 g/mol. The van der Waals surface area contributed by atoms with Gasteiger partial charge in [-0.3, -0.25) is 4.79 Å². The van der Waals surface area contributed by atoms with Crippen LogP contribution in [0, 0.1) is 5.92 Å². The molecule has 28 heavy (non-hydrogen) atoms. The summed E-state index contributed by atoms with van der Waals surface area (Å²) in [5, 5.41) is 3.10. The maximum atomic E-state index is 13.1. The Morgan fingerprint density at radius 3 is 2.46 bits per heavy atom. The summed E-state index contributed by atoms with van der Waals surface area (Å²) >= 11 is 0. The molecule has 0 aromatic heterocycles. The SMILES string of the molecule is CC1CCN(S(=O)(=O)c2ccc3c(c2)C(C)C(C(=O)NC2CCCC2)O3)CC1. The van der Waals surface area contributed by atoms with E-state index in [4.69, 9.17) is 4.74 Å². The van der Waals surface area contributed by atoms with E-state index >= 15 is 0 Å². The Morgan fingerprint density at radius 1 is 1.11 bits per heavy atom. The predicted molar refractivity (Wildman–Crippen MR) is 107 cm³/mol. The first-order chi connectivity index (χ1) is 13.4. The van der Waals surface area contributed by atoms with Crippen molar-refractivity contribution in [2.75, 3.05) is 13.1 Å². The molecule has 1 saturated heterocycles. The van der Waals surface area contributed by atoms with Gasteiger partial charge in [0, 0.05) is 30.6 Å². The maximum Gasteiger partial charge on any atom is 0.261 e. The van der Waals surface area contributed by atoms with Crippen molar-refractivity contribution in [2.45, 2.75) is 75.3 Å².